The summed E-state index contributed by atoms with van der Waals surface area (Å²) in [5, 5.41) is 8.08. The van der Waals surface area contributed by atoms with E-state index in [2.05, 4.69) is 10.4 Å². The minimum atomic E-state index is -0.466. The van der Waals surface area contributed by atoms with Crippen molar-refractivity contribution < 1.29 is 19.1 Å². The van der Waals surface area contributed by atoms with Crippen molar-refractivity contribution in [3.63, 3.8) is 0 Å². The third-order valence-electron chi connectivity index (χ3n) is 4.23. The number of halogens is 2. The number of aryl methyl sites for hydroxylation is 1. The Kier molecular flexibility index (Phi) is 7.02. The number of ether oxygens (including phenoxy) is 2. The number of hydrogen-bond donors (Lipinski definition) is 1. The molecule has 0 saturated heterocycles. The van der Waals surface area contributed by atoms with Crippen LogP contribution in [0.1, 0.15) is 38.2 Å². The van der Waals surface area contributed by atoms with Gasteiger partial charge in [0.1, 0.15) is 15.8 Å². The van der Waals surface area contributed by atoms with Crippen LogP contribution in [0.3, 0.4) is 0 Å². The van der Waals surface area contributed by atoms with Crippen molar-refractivity contribution in [1.82, 2.24) is 9.78 Å². The van der Waals surface area contributed by atoms with Gasteiger partial charge < -0.3 is 14.8 Å². The molecule has 0 aliphatic carbocycles. The fourth-order valence-corrected chi connectivity index (χ4v) is 4.01. The van der Waals surface area contributed by atoms with E-state index >= 15 is 0 Å². The molecule has 0 fully saturated rings. The highest BCUT2D eigenvalue weighted by Crippen LogP contribution is 2.33. The summed E-state index contributed by atoms with van der Waals surface area (Å²) in [5.74, 6) is -0.498. The van der Waals surface area contributed by atoms with Gasteiger partial charge in [0.25, 0.3) is 5.91 Å². The molecule has 0 unspecified atom stereocenters. The maximum Gasteiger partial charge on any atom is 0.341 e. The summed E-state index contributed by atoms with van der Waals surface area (Å²) in [4.78, 5) is 25.8. The highest BCUT2D eigenvalue weighted by atomic mass is 35.5. The maximum absolute atomic E-state index is 12.6. The van der Waals surface area contributed by atoms with Gasteiger partial charge in [-0.3, -0.25) is 4.79 Å². The van der Waals surface area contributed by atoms with Crippen LogP contribution < -0.4 is 10.1 Å². The zero-order valence-electron chi connectivity index (χ0n) is 16.5. The number of carbonyl (C=O) groups is 2. The summed E-state index contributed by atoms with van der Waals surface area (Å²) in [5.41, 5.74) is 1.33. The molecule has 30 heavy (non-hydrogen) atoms. The molecule has 1 amide bonds. The van der Waals surface area contributed by atoms with Gasteiger partial charge in [-0.25, -0.2) is 9.48 Å². The van der Waals surface area contributed by atoms with Crippen molar-refractivity contribution in [2.45, 2.75) is 27.5 Å². The van der Waals surface area contributed by atoms with Crippen molar-refractivity contribution in [2.24, 2.45) is 0 Å². The lowest BCUT2D eigenvalue weighted by Gasteiger charge is -2.08. The van der Waals surface area contributed by atoms with E-state index in [1.807, 2.05) is 13.8 Å². The van der Waals surface area contributed by atoms with Gasteiger partial charge in [0, 0.05) is 11.1 Å². The predicted octanol–water partition coefficient (Wildman–Crippen LogP) is 5.33. The zero-order chi connectivity index (χ0) is 21.8. The molecule has 1 N–H and O–H groups in total. The molecule has 0 saturated carbocycles. The normalized spacial score (nSPS) is 10.7. The lowest BCUT2D eigenvalue weighted by Crippen LogP contribution is -2.16. The maximum atomic E-state index is 12.6. The minimum Gasteiger partial charge on any atom is -0.470 e. The lowest BCUT2D eigenvalue weighted by molar-refractivity contribution is 0.0527. The second-order valence-corrected chi connectivity index (χ2v) is 8.24. The number of nitrogens with one attached hydrogen (secondary N) is 1. The van der Waals surface area contributed by atoms with Gasteiger partial charge in [-0.1, -0.05) is 29.3 Å². The molecule has 0 spiro atoms. The van der Waals surface area contributed by atoms with E-state index < -0.39 is 11.9 Å². The topological polar surface area (TPSA) is 82.5 Å². The van der Waals surface area contributed by atoms with Crippen molar-refractivity contribution in [2.75, 3.05) is 11.9 Å². The number of carbonyl (C=O) groups excluding carboxylic acids is 2. The zero-order valence-corrected chi connectivity index (χ0v) is 18.8. The molecule has 158 valence electrons. The van der Waals surface area contributed by atoms with Crippen LogP contribution >= 0.6 is 34.5 Å². The Hall–Kier alpha value is -2.55. The van der Waals surface area contributed by atoms with Crippen LogP contribution in [0.25, 0.3) is 0 Å². The fourth-order valence-electron chi connectivity index (χ4n) is 2.62. The summed E-state index contributed by atoms with van der Waals surface area (Å²) < 4.78 is 12.2. The highest BCUT2D eigenvalue weighted by molar-refractivity contribution is 7.16. The summed E-state index contributed by atoms with van der Waals surface area (Å²) in [6.45, 7) is 5.72. The number of thiophene rings is 1. The Labute approximate surface area is 187 Å². The van der Waals surface area contributed by atoms with E-state index in [9.17, 15) is 9.59 Å². The summed E-state index contributed by atoms with van der Waals surface area (Å²) in [6, 6.07) is 6.61. The molecule has 1 aromatic carbocycles. The number of benzene rings is 1. The van der Waals surface area contributed by atoms with Gasteiger partial charge in [-0.05, 0) is 44.5 Å². The molecule has 7 nitrogen and oxygen atoms in total. The van der Waals surface area contributed by atoms with E-state index in [1.165, 1.54) is 16.0 Å². The first-order valence-corrected chi connectivity index (χ1v) is 10.6. The SMILES string of the molecule is CCOC(=O)c1c(NC(=O)c2ccn(COc3cccc(Cl)c3Cl)n2)sc(C)c1C. The smallest absolute Gasteiger partial charge is 0.341 e. The van der Waals surface area contributed by atoms with E-state index in [-0.39, 0.29) is 19.0 Å². The number of aromatic nitrogens is 2. The Balaban J connectivity index is 1.71. The van der Waals surface area contributed by atoms with Crippen LogP contribution in [0.2, 0.25) is 10.0 Å². The van der Waals surface area contributed by atoms with Gasteiger partial charge in [0.05, 0.1) is 17.2 Å². The molecule has 0 atom stereocenters. The van der Waals surface area contributed by atoms with Crippen LogP contribution in [0, 0.1) is 13.8 Å². The summed E-state index contributed by atoms with van der Waals surface area (Å²) in [6.07, 6.45) is 1.60. The summed E-state index contributed by atoms with van der Waals surface area (Å²) >= 11 is 13.4. The lowest BCUT2D eigenvalue weighted by atomic mass is 10.1. The first kappa shape index (κ1) is 22.1. The van der Waals surface area contributed by atoms with Crippen LogP contribution in [-0.4, -0.2) is 28.3 Å². The third kappa shape index (κ3) is 4.77. The van der Waals surface area contributed by atoms with Crippen LogP contribution in [0.4, 0.5) is 5.00 Å². The molecular weight excluding hydrogens is 449 g/mol. The number of anilines is 1. The van der Waals surface area contributed by atoms with E-state index in [1.54, 1.807) is 37.4 Å². The molecule has 0 aliphatic rings. The van der Waals surface area contributed by atoms with E-state index in [4.69, 9.17) is 32.7 Å². The van der Waals surface area contributed by atoms with Gasteiger partial charge in [-0.2, -0.15) is 5.10 Å². The fraction of sp³-hybridized carbons (Fsp3) is 0.250. The van der Waals surface area contributed by atoms with Gasteiger partial charge in [0.15, 0.2) is 12.4 Å². The largest absolute Gasteiger partial charge is 0.470 e. The molecular formula is C20H19Cl2N3O4S. The standard InChI is InChI=1S/C20H19Cl2N3O4S/c1-4-28-20(27)16-11(2)12(3)30-19(16)23-18(26)14-8-9-25(24-14)10-29-15-7-5-6-13(21)17(15)22/h5-9H,4,10H2,1-3H3,(H,23,26). The number of hydrogen-bond acceptors (Lipinski definition) is 6. The van der Waals surface area contributed by atoms with Crippen LogP contribution in [-0.2, 0) is 11.5 Å². The van der Waals surface area contributed by atoms with Gasteiger partial charge >= 0.3 is 5.97 Å². The third-order valence-corrected chi connectivity index (χ3v) is 6.16. The van der Waals surface area contributed by atoms with Gasteiger partial charge in [0.2, 0.25) is 0 Å². The molecule has 0 bridgehead atoms. The molecule has 10 heteroatoms. The second-order valence-electron chi connectivity index (χ2n) is 6.23. The number of amides is 1. The average molecular weight is 468 g/mol. The van der Waals surface area contributed by atoms with Crippen LogP contribution in [0.5, 0.6) is 5.75 Å². The Morgan fingerprint density at radius 2 is 2.00 bits per heavy atom. The second kappa shape index (κ2) is 9.51. The van der Waals surface area contributed by atoms with Crippen LogP contribution in [0.15, 0.2) is 30.5 Å². The first-order valence-electron chi connectivity index (χ1n) is 9.00. The van der Waals surface area contributed by atoms with E-state index in [0.717, 1.165) is 10.4 Å². The highest BCUT2D eigenvalue weighted by Gasteiger charge is 2.23. The monoisotopic (exact) mass is 467 g/mol. The Morgan fingerprint density at radius 3 is 2.73 bits per heavy atom. The van der Waals surface area contributed by atoms with Crippen molar-refractivity contribution in [3.8, 4) is 5.75 Å². The van der Waals surface area contributed by atoms with E-state index in [0.29, 0.717) is 26.4 Å². The van der Waals surface area contributed by atoms with Crippen molar-refractivity contribution >= 4 is 51.4 Å². The number of esters is 1. The quantitative estimate of drug-likeness (QED) is 0.474. The Bertz CT molecular complexity index is 1090. The first-order chi connectivity index (χ1) is 14.3. The molecule has 2 heterocycles. The number of rotatable bonds is 7. The molecule has 2 aromatic heterocycles. The molecule has 0 aliphatic heterocycles. The molecule has 3 aromatic rings. The predicted molar refractivity (Wildman–Crippen MR) is 117 cm³/mol. The summed E-state index contributed by atoms with van der Waals surface area (Å²) in [7, 11) is 0. The van der Waals surface area contributed by atoms with Crippen molar-refractivity contribution in [1.29, 1.82) is 0 Å². The number of nitrogens with zero attached hydrogens (tertiary/aromatic N) is 2. The molecule has 0 radical (unpaired) electrons. The van der Waals surface area contributed by atoms with Crippen molar-refractivity contribution in [3.05, 3.63) is 62.2 Å². The van der Waals surface area contributed by atoms with Gasteiger partial charge in [-0.15, -0.1) is 11.3 Å². The minimum absolute atomic E-state index is 0.0403. The Morgan fingerprint density at radius 1 is 1.23 bits per heavy atom. The molecule has 3 rings (SSSR count). The average Bonchev–Trinajstić information content (AvgIpc) is 3.28.